The van der Waals surface area contributed by atoms with Gasteiger partial charge >= 0.3 is 5.97 Å². The second-order valence-electron chi connectivity index (χ2n) is 3.64. The zero-order valence-corrected chi connectivity index (χ0v) is 10.1. The maximum atomic E-state index is 11.7. The molecule has 2 aromatic rings. The number of hydrogen-bond donors (Lipinski definition) is 1. The van der Waals surface area contributed by atoms with Gasteiger partial charge in [-0.3, -0.25) is 4.40 Å². The number of esters is 1. The average molecular weight is 247 g/mol. The Morgan fingerprint density at radius 1 is 1.56 bits per heavy atom. The van der Waals surface area contributed by atoms with Gasteiger partial charge in [-0.1, -0.05) is 11.2 Å². The molecule has 1 N–H and O–H groups in total. The molecule has 0 saturated heterocycles. The third-order valence-electron chi connectivity index (χ3n) is 2.50. The predicted octanol–water partition coefficient (Wildman–Crippen LogP) is 1.38. The minimum absolute atomic E-state index is 0.145. The van der Waals surface area contributed by atoms with E-state index in [1.54, 1.807) is 36.6 Å². The van der Waals surface area contributed by atoms with Gasteiger partial charge in [-0.2, -0.15) is 0 Å². The van der Waals surface area contributed by atoms with E-state index in [-0.39, 0.29) is 12.3 Å². The summed E-state index contributed by atoms with van der Waals surface area (Å²) in [5, 5.41) is 12.1. The second-order valence-corrected chi connectivity index (χ2v) is 3.64. The molecular formula is C12H13N3O3. The van der Waals surface area contributed by atoms with Crippen molar-refractivity contribution < 1.29 is 14.7 Å². The van der Waals surface area contributed by atoms with E-state index in [9.17, 15) is 4.79 Å². The van der Waals surface area contributed by atoms with Gasteiger partial charge < -0.3 is 9.94 Å². The lowest BCUT2D eigenvalue weighted by Gasteiger charge is -2.04. The Labute approximate surface area is 104 Å². The largest absolute Gasteiger partial charge is 0.461 e. The number of oxime groups is 1. The van der Waals surface area contributed by atoms with Crippen LogP contribution in [0.25, 0.3) is 5.65 Å². The Morgan fingerprint density at radius 2 is 2.33 bits per heavy atom. The third-order valence-corrected chi connectivity index (χ3v) is 2.50. The molecule has 0 bridgehead atoms. The van der Waals surface area contributed by atoms with Gasteiger partial charge in [0.1, 0.15) is 11.3 Å². The highest BCUT2D eigenvalue weighted by Gasteiger charge is 2.22. The SMILES string of the molecule is CCOC(=O)/C(=N/O)c1c(C)nc2ccccn12. The van der Waals surface area contributed by atoms with Crippen LogP contribution in [0.1, 0.15) is 18.3 Å². The van der Waals surface area contributed by atoms with E-state index in [1.807, 2.05) is 6.07 Å². The Balaban J connectivity index is 2.59. The molecule has 2 rings (SSSR count). The molecule has 2 aromatic heterocycles. The molecule has 94 valence electrons. The number of imidazole rings is 1. The smallest absolute Gasteiger partial charge is 0.362 e. The molecule has 18 heavy (non-hydrogen) atoms. The lowest BCUT2D eigenvalue weighted by atomic mass is 10.2. The molecule has 0 aliphatic carbocycles. The van der Waals surface area contributed by atoms with Crippen molar-refractivity contribution in [1.29, 1.82) is 0 Å². The van der Waals surface area contributed by atoms with Crippen molar-refractivity contribution in [1.82, 2.24) is 9.38 Å². The summed E-state index contributed by atoms with van der Waals surface area (Å²) in [5.74, 6) is -0.672. The molecule has 0 spiro atoms. The van der Waals surface area contributed by atoms with E-state index in [0.29, 0.717) is 17.0 Å². The lowest BCUT2D eigenvalue weighted by Crippen LogP contribution is -2.21. The molecule has 0 fully saturated rings. The van der Waals surface area contributed by atoms with Crippen molar-refractivity contribution in [3.05, 3.63) is 35.8 Å². The Kier molecular flexibility index (Phi) is 3.27. The monoisotopic (exact) mass is 247 g/mol. The number of ether oxygens (including phenoxy) is 1. The zero-order valence-electron chi connectivity index (χ0n) is 10.1. The molecule has 0 radical (unpaired) electrons. The van der Waals surface area contributed by atoms with Crippen LogP contribution in [0.5, 0.6) is 0 Å². The first-order valence-corrected chi connectivity index (χ1v) is 5.52. The van der Waals surface area contributed by atoms with Gasteiger partial charge in [0.05, 0.1) is 12.3 Å². The fraction of sp³-hybridized carbons (Fsp3) is 0.250. The minimum Gasteiger partial charge on any atom is -0.461 e. The fourth-order valence-electron chi connectivity index (χ4n) is 1.78. The second kappa shape index (κ2) is 4.87. The van der Waals surface area contributed by atoms with Gasteiger partial charge in [0.25, 0.3) is 0 Å². The first-order valence-electron chi connectivity index (χ1n) is 5.52. The molecule has 0 aliphatic rings. The van der Waals surface area contributed by atoms with Crippen molar-refractivity contribution >= 4 is 17.3 Å². The number of fused-ring (bicyclic) bond motifs is 1. The number of hydrogen-bond acceptors (Lipinski definition) is 5. The number of carbonyl (C=O) groups excluding carboxylic acids is 1. The minimum atomic E-state index is -0.672. The normalized spacial score (nSPS) is 11.8. The molecule has 6 nitrogen and oxygen atoms in total. The zero-order chi connectivity index (χ0) is 13.1. The molecular weight excluding hydrogens is 234 g/mol. The Bertz CT molecular complexity index is 616. The van der Waals surface area contributed by atoms with Gasteiger partial charge in [-0.25, -0.2) is 9.78 Å². The number of rotatable bonds is 3. The van der Waals surface area contributed by atoms with Gasteiger partial charge in [-0.15, -0.1) is 0 Å². The molecule has 0 aliphatic heterocycles. The summed E-state index contributed by atoms with van der Waals surface area (Å²) < 4.78 is 6.53. The van der Waals surface area contributed by atoms with Crippen LogP contribution in [-0.4, -0.2) is 32.9 Å². The summed E-state index contributed by atoms with van der Waals surface area (Å²) in [7, 11) is 0. The number of nitrogens with zero attached hydrogens (tertiary/aromatic N) is 3. The Hall–Kier alpha value is -2.37. The van der Waals surface area contributed by atoms with Crippen LogP contribution in [0, 0.1) is 6.92 Å². The van der Waals surface area contributed by atoms with Crippen molar-refractivity contribution in [2.45, 2.75) is 13.8 Å². The molecule has 2 heterocycles. The first-order chi connectivity index (χ1) is 8.69. The molecule has 0 aromatic carbocycles. The van der Waals surface area contributed by atoms with Gasteiger partial charge in [0.15, 0.2) is 0 Å². The summed E-state index contributed by atoms with van der Waals surface area (Å²) >= 11 is 0. The number of carbonyl (C=O) groups is 1. The standard InChI is InChI=1S/C12H13N3O3/c1-3-18-12(16)10(14-17)11-8(2)13-9-6-4-5-7-15(9)11/h4-7,17H,3H2,1-2H3/b14-10+. The summed E-state index contributed by atoms with van der Waals surface area (Å²) in [6.45, 7) is 3.65. The topological polar surface area (TPSA) is 76.2 Å². The first kappa shape index (κ1) is 12.1. The van der Waals surface area contributed by atoms with Crippen LogP contribution in [0.2, 0.25) is 0 Å². The van der Waals surface area contributed by atoms with Crippen LogP contribution >= 0.6 is 0 Å². The summed E-state index contributed by atoms with van der Waals surface area (Å²) in [6.07, 6.45) is 1.75. The number of aromatic nitrogens is 2. The van der Waals surface area contributed by atoms with E-state index in [1.165, 1.54) is 0 Å². The van der Waals surface area contributed by atoms with E-state index in [4.69, 9.17) is 9.94 Å². The van der Waals surface area contributed by atoms with Crippen LogP contribution in [-0.2, 0) is 9.53 Å². The molecule has 0 atom stereocenters. The molecule has 0 saturated carbocycles. The fourth-order valence-corrected chi connectivity index (χ4v) is 1.78. The van der Waals surface area contributed by atoms with E-state index >= 15 is 0 Å². The van der Waals surface area contributed by atoms with E-state index in [2.05, 4.69) is 10.1 Å². The summed E-state index contributed by atoms with van der Waals surface area (Å²) in [6, 6.07) is 5.44. The number of pyridine rings is 1. The van der Waals surface area contributed by atoms with Gasteiger partial charge in [-0.05, 0) is 26.0 Å². The summed E-state index contributed by atoms with van der Waals surface area (Å²) in [5.41, 5.74) is 1.57. The molecule has 0 unspecified atom stereocenters. The highest BCUT2D eigenvalue weighted by molar-refractivity contribution is 6.43. The highest BCUT2D eigenvalue weighted by Crippen LogP contribution is 2.13. The maximum absolute atomic E-state index is 11.7. The highest BCUT2D eigenvalue weighted by atomic mass is 16.5. The van der Waals surface area contributed by atoms with Crippen molar-refractivity contribution in [3.63, 3.8) is 0 Å². The van der Waals surface area contributed by atoms with Crippen molar-refractivity contribution in [2.75, 3.05) is 6.61 Å². The van der Waals surface area contributed by atoms with Crippen LogP contribution in [0.4, 0.5) is 0 Å². The quantitative estimate of drug-likeness (QED) is 0.385. The van der Waals surface area contributed by atoms with Crippen LogP contribution < -0.4 is 0 Å². The summed E-state index contributed by atoms with van der Waals surface area (Å²) in [4.78, 5) is 16.0. The molecule has 6 heteroatoms. The van der Waals surface area contributed by atoms with Crippen LogP contribution in [0.15, 0.2) is 29.6 Å². The lowest BCUT2D eigenvalue weighted by molar-refractivity contribution is -0.135. The van der Waals surface area contributed by atoms with E-state index in [0.717, 1.165) is 0 Å². The van der Waals surface area contributed by atoms with E-state index < -0.39 is 5.97 Å². The predicted molar refractivity (Wildman–Crippen MR) is 64.9 cm³/mol. The third kappa shape index (κ3) is 1.92. The van der Waals surface area contributed by atoms with Gasteiger partial charge in [0.2, 0.25) is 5.71 Å². The van der Waals surface area contributed by atoms with Crippen LogP contribution in [0.3, 0.4) is 0 Å². The maximum Gasteiger partial charge on any atom is 0.362 e. The average Bonchev–Trinajstić information content (AvgIpc) is 2.68. The Morgan fingerprint density at radius 3 is 3.00 bits per heavy atom. The van der Waals surface area contributed by atoms with Gasteiger partial charge in [0, 0.05) is 6.20 Å². The molecule has 0 amide bonds. The van der Waals surface area contributed by atoms with Crippen molar-refractivity contribution in [2.24, 2.45) is 5.16 Å². The number of aryl methyl sites for hydroxylation is 1. The van der Waals surface area contributed by atoms with Crippen molar-refractivity contribution in [3.8, 4) is 0 Å².